The highest BCUT2D eigenvalue weighted by Gasteiger charge is 2.38. The molecule has 3 aromatic heterocycles. The number of carbonyl (C=O) groups is 2. The monoisotopic (exact) mass is 451 g/mol. The molecule has 8 nitrogen and oxygen atoms in total. The second-order valence-corrected chi connectivity index (χ2v) is 6.98. The van der Waals surface area contributed by atoms with E-state index in [1.807, 2.05) is 43.5 Å². The molecule has 0 saturated heterocycles. The van der Waals surface area contributed by atoms with Gasteiger partial charge in [0.05, 0.1) is 25.9 Å². The summed E-state index contributed by atoms with van der Waals surface area (Å²) in [6.45, 7) is 3.53. The highest BCUT2D eigenvalue weighted by Crippen LogP contribution is 2.20. The average molecular weight is 451 g/mol. The Bertz CT molecular complexity index is 1060. The summed E-state index contributed by atoms with van der Waals surface area (Å²) in [6, 6.07) is 11.4. The first-order valence-electron chi connectivity index (χ1n) is 9.50. The molecule has 0 spiro atoms. The van der Waals surface area contributed by atoms with Crippen molar-refractivity contribution in [3.63, 3.8) is 0 Å². The predicted octanol–water partition coefficient (Wildman–Crippen LogP) is 3.52. The van der Waals surface area contributed by atoms with Gasteiger partial charge >= 0.3 is 12.1 Å². The summed E-state index contributed by atoms with van der Waals surface area (Å²) in [5, 5.41) is 7.12. The van der Waals surface area contributed by atoms with E-state index in [0.717, 1.165) is 11.3 Å². The Balaban J connectivity index is 0.000000360. The van der Waals surface area contributed by atoms with Crippen LogP contribution in [0.3, 0.4) is 0 Å². The fourth-order valence-corrected chi connectivity index (χ4v) is 3.11. The van der Waals surface area contributed by atoms with Crippen molar-refractivity contribution in [2.75, 3.05) is 6.54 Å². The number of furan rings is 1. The summed E-state index contributed by atoms with van der Waals surface area (Å²) in [7, 11) is 0. The van der Waals surface area contributed by atoms with E-state index in [2.05, 4.69) is 9.55 Å². The van der Waals surface area contributed by atoms with Crippen LogP contribution in [0, 0.1) is 6.92 Å². The van der Waals surface area contributed by atoms with Crippen LogP contribution in [0.15, 0.2) is 59.5 Å². The van der Waals surface area contributed by atoms with Gasteiger partial charge in [0.25, 0.3) is 5.91 Å². The van der Waals surface area contributed by atoms with Gasteiger partial charge < -0.3 is 23.7 Å². The number of aliphatic carboxylic acids is 1. The molecule has 4 heterocycles. The summed E-state index contributed by atoms with van der Waals surface area (Å²) in [5.74, 6) is -1.93. The summed E-state index contributed by atoms with van der Waals surface area (Å²) < 4.78 is 45.3. The molecule has 4 rings (SSSR count). The first-order chi connectivity index (χ1) is 15.1. The number of amides is 1. The van der Waals surface area contributed by atoms with Gasteiger partial charge in [0.1, 0.15) is 6.10 Å². The van der Waals surface area contributed by atoms with Gasteiger partial charge in [-0.1, -0.05) is 6.07 Å². The first-order valence-corrected chi connectivity index (χ1v) is 9.50. The van der Waals surface area contributed by atoms with Gasteiger partial charge in [-0.15, -0.1) is 0 Å². The topological polar surface area (TPSA) is 97.8 Å². The van der Waals surface area contributed by atoms with Crippen LogP contribution >= 0.6 is 0 Å². The second kappa shape index (κ2) is 9.58. The zero-order chi connectivity index (χ0) is 23.3. The van der Waals surface area contributed by atoms with E-state index in [9.17, 15) is 18.0 Å². The van der Waals surface area contributed by atoms with Crippen LogP contribution in [0.4, 0.5) is 13.2 Å². The lowest BCUT2D eigenvalue weighted by molar-refractivity contribution is -0.192. The minimum Gasteiger partial charge on any atom is -0.475 e. The number of hydrogen-bond acceptors (Lipinski definition) is 5. The molecule has 1 aliphatic rings. The number of rotatable bonds is 3. The molecule has 170 valence electrons. The van der Waals surface area contributed by atoms with Crippen molar-refractivity contribution in [3.8, 4) is 5.88 Å². The molecule has 11 heteroatoms. The van der Waals surface area contributed by atoms with Gasteiger partial charge in [0.15, 0.2) is 5.76 Å². The van der Waals surface area contributed by atoms with Gasteiger partial charge in [-0.05, 0) is 31.2 Å². The maximum absolute atomic E-state index is 12.9. The molecule has 32 heavy (non-hydrogen) atoms. The third-order valence-corrected chi connectivity index (χ3v) is 4.61. The lowest BCUT2D eigenvalue weighted by Crippen LogP contribution is -2.38. The highest BCUT2D eigenvalue weighted by atomic mass is 19.4. The van der Waals surface area contributed by atoms with E-state index < -0.39 is 12.1 Å². The van der Waals surface area contributed by atoms with Crippen LogP contribution in [0.25, 0.3) is 0 Å². The van der Waals surface area contributed by atoms with Crippen molar-refractivity contribution in [2.24, 2.45) is 0 Å². The van der Waals surface area contributed by atoms with Crippen molar-refractivity contribution in [2.45, 2.75) is 32.3 Å². The molecule has 1 N–H and O–H groups in total. The maximum atomic E-state index is 12.9. The molecule has 1 aliphatic heterocycles. The number of carbonyl (C=O) groups excluding carboxylic acids is 1. The quantitative estimate of drug-likeness (QED) is 0.655. The lowest BCUT2D eigenvalue weighted by Gasteiger charge is -2.24. The number of alkyl halides is 3. The van der Waals surface area contributed by atoms with Gasteiger partial charge in [-0.3, -0.25) is 4.79 Å². The molecule has 0 fully saturated rings. The molecular formula is C21H20F3N3O5. The van der Waals surface area contributed by atoms with Crippen LogP contribution in [0.5, 0.6) is 5.88 Å². The molecule has 0 aliphatic carbocycles. The third kappa shape index (κ3) is 5.68. The summed E-state index contributed by atoms with van der Waals surface area (Å²) >= 11 is 0. The highest BCUT2D eigenvalue weighted by molar-refractivity contribution is 5.92. The number of aromatic nitrogens is 2. The number of aryl methyl sites for hydroxylation is 1. The largest absolute Gasteiger partial charge is 0.490 e. The van der Waals surface area contributed by atoms with Crippen molar-refractivity contribution < 1.29 is 37.0 Å². The number of carboxylic acid groups (broad SMARTS) is 1. The number of fused-ring (bicyclic) bond motifs is 1. The molecule has 0 aromatic carbocycles. The van der Waals surface area contributed by atoms with E-state index in [-0.39, 0.29) is 12.0 Å². The Morgan fingerprint density at radius 1 is 1.19 bits per heavy atom. The van der Waals surface area contributed by atoms with E-state index in [4.69, 9.17) is 19.1 Å². The predicted molar refractivity (Wildman–Crippen MR) is 105 cm³/mol. The Kier molecular flexibility index (Phi) is 6.86. The molecule has 1 amide bonds. The number of halogens is 3. The Hall–Kier alpha value is -3.76. The van der Waals surface area contributed by atoms with Gasteiger partial charge in [0.2, 0.25) is 5.88 Å². The van der Waals surface area contributed by atoms with Crippen LogP contribution in [-0.4, -0.2) is 50.3 Å². The minimum absolute atomic E-state index is 0.119. The maximum Gasteiger partial charge on any atom is 0.490 e. The molecule has 0 saturated carbocycles. The van der Waals surface area contributed by atoms with Crippen molar-refractivity contribution in [1.29, 1.82) is 0 Å². The molecule has 3 aromatic rings. The second-order valence-electron chi connectivity index (χ2n) is 6.98. The third-order valence-electron chi connectivity index (χ3n) is 4.61. The zero-order valence-electron chi connectivity index (χ0n) is 17.0. The number of nitrogens with zero attached hydrogens (tertiary/aromatic N) is 3. The van der Waals surface area contributed by atoms with E-state index in [1.165, 1.54) is 0 Å². The Morgan fingerprint density at radius 2 is 1.94 bits per heavy atom. The minimum atomic E-state index is -5.08. The van der Waals surface area contributed by atoms with Crippen molar-refractivity contribution in [3.05, 3.63) is 72.1 Å². The summed E-state index contributed by atoms with van der Waals surface area (Å²) in [5.41, 5.74) is 1.91. The number of ether oxygens (including phenoxy) is 1. The van der Waals surface area contributed by atoms with Gasteiger partial charge in [-0.25, -0.2) is 9.78 Å². The summed E-state index contributed by atoms with van der Waals surface area (Å²) in [4.78, 5) is 27.8. The lowest BCUT2D eigenvalue weighted by atomic mass is 10.2. The first kappa shape index (κ1) is 22.9. The number of carboxylic acids is 1. The Labute approximate surface area is 180 Å². The van der Waals surface area contributed by atoms with Crippen LogP contribution in [0.1, 0.15) is 21.8 Å². The van der Waals surface area contributed by atoms with E-state index in [1.54, 1.807) is 23.4 Å². The normalized spacial score (nSPS) is 15.8. The fourth-order valence-electron chi connectivity index (χ4n) is 3.11. The molecule has 0 radical (unpaired) electrons. The number of pyridine rings is 1. The van der Waals surface area contributed by atoms with Gasteiger partial charge in [-0.2, -0.15) is 13.2 Å². The van der Waals surface area contributed by atoms with Gasteiger partial charge in [0, 0.05) is 29.7 Å². The molecular weight excluding hydrogens is 431 g/mol. The van der Waals surface area contributed by atoms with E-state index >= 15 is 0 Å². The van der Waals surface area contributed by atoms with E-state index in [0.29, 0.717) is 31.3 Å². The smallest absolute Gasteiger partial charge is 0.475 e. The zero-order valence-corrected chi connectivity index (χ0v) is 17.0. The Morgan fingerprint density at radius 3 is 2.53 bits per heavy atom. The van der Waals surface area contributed by atoms with Crippen LogP contribution in [0.2, 0.25) is 0 Å². The molecule has 1 atom stereocenters. The van der Waals surface area contributed by atoms with Crippen LogP contribution in [-0.2, 0) is 17.9 Å². The fraction of sp³-hybridized carbons (Fsp3) is 0.286. The standard InChI is InChI=1S/C19H19N3O3.C2HF3O2/c1-14-7-10-24-18(14)19(23)22-11-15-5-4-9-21(15)12-16(13-22)25-17-6-2-3-8-20-17;3-2(4,5)1(6)7/h2-10,16H,11-13H2,1H3;(H,6,7). The van der Waals surface area contributed by atoms with Crippen LogP contribution < -0.4 is 4.74 Å². The molecule has 0 bridgehead atoms. The summed E-state index contributed by atoms with van der Waals surface area (Å²) in [6.07, 6.45) is -0.0218. The van der Waals surface area contributed by atoms with Crippen molar-refractivity contribution >= 4 is 11.9 Å². The molecule has 1 unspecified atom stereocenters. The SMILES string of the molecule is Cc1ccoc1C(=O)N1Cc2cccn2CC(Oc2ccccn2)C1.O=C(O)C(F)(F)F. The number of hydrogen-bond donors (Lipinski definition) is 1. The van der Waals surface area contributed by atoms with Crippen molar-refractivity contribution in [1.82, 2.24) is 14.5 Å². The average Bonchev–Trinajstić information content (AvgIpc) is 3.32.